The number of aryl methyl sites for hydroxylation is 1. The molecular weight excluding hydrogens is 234 g/mol. The molecule has 0 saturated heterocycles. The molecule has 1 unspecified atom stereocenters. The van der Waals surface area contributed by atoms with Crippen LogP contribution in [0.25, 0.3) is 0 Å². The molecule has 2 nitrogen and oxygen atoms in total. The second-order valence-corrected chi connectivity index (χ2v) is 5.10. The van der Waals surface area contributed by atoms with E-state index in [-0.39, 0.29) is 12.6 Å². The number of benzene rings is 2. The van der Waals surface area contributed by atoms with Crippen molar-refractivity contribution in [1.29, 1.82) is 0 Å². The van der Waals surface area contributed by atoms with Crippen molar-refractivity contribution in [3.8, 4) is 0 Å². The fourth-order valence-electron chi connectivity index (χ4n) is 2.91. The number of aliphatic hydroxyl groups excluding tert-OH is 1. The van der Waals surface area contributed by atoms with Crippen LogP contribution in [0, 0.1) is 0 Å². The molecule has 1 aliphatic carbocycles. The zero-order valence-electron chi connectivity index (χ0n) is 10.9. The van der Waals surface area contributed by atoms with Gasteiger partial charge in [0.05, 0.1) is 12.6 Å². The first kappa shape index (κ1) is 12.4. The van der Waals surface area contributed by atoms with Gasteiger partial charge in [-0.05, 0) is 29.5 Å². The van der Waals surface area contributed by atoms with E-state index in [9.17, 15) is 5.11 Å². The predicted octanol–water partition coefficient (Wildman–Crippen LogP) is 3.00. The van der Waals surface area contributed by atoms with Crippen molar-refractivity contribution in [2.24, 2.45) is 0 Å². The molecule has 0 aliphatic heterocycles. The van der Waals surface area contributed by atoms with Crippen LogP contribution in [0.15, 0.2) is 54.6 Å². The monoisotopic (exact) mass is 253 g/mol. The third kappa shape index (κ3) is 2.55. The summed E-state index contributed by atoms with van der Waals surface area (Å²) in [4.78, 5) is 0. The van der Waals surface area contributed by atoms with Crippen LogP contribution in [0.4, 0.5) is 0 Å². The number of rotatable bonds is 4. The zero-order valence-corrected chi connectivity index (χ0v) is 10.9. The zero-order chi connectivity index (χ0) is 13.1. The van der Waals surface area contributed by atoms with Gasteiger partial charge < -0.3 is 10.4 Å². The first-order chi connectivity index (χ1) is 9.38. The highest BCUT2D eigenvalue weighted by Gasteiger charge is 2.24. The summed E-state index contributed by atoms with van der Waals surface area (Å²) < 4.78 is 0. The van der Waals surface area contributed by atoms with Crippen LogP contribution in [0.1, 0.15) is 35.2 Å². The molecule has 0 bridgehead atoms. The molecular formula is C17H19NO. The van der Waals surface area contributed by atoms with Gasteiger partial charge in [-0.15, -0.1) is 0 Å². The van der Waals surface area contributed by atoms with Crippen LogP contribution >= 0.6 is 0 Å². The van der Waals surface area contributed by atoms with Gasteiger partial charge in [0.15, 0.2) is 0 Å². The van der Waals surface area contributed by atoms with Gasteiger partial charge in [-0.2, -0.15) is 0 Å². The highest BCUT2D eigenvalue weighted by atomic mass is 16.3. The van der Waals surface area contributed by atoms with E-state index in [0.717, 1.165) is 18.4 Å². The Bertz CT molecular complexity index is 538. The lowest BCUT2D eigenvalue weighted by molar-refractivity contribution is 0.233. The molecule has 3 rings (SSSR count). The minimum absolute atomic E-state index is 0.0114. The molecule has 0 aromatic heterocycles. The second-order valence-electron chi connectivity index (χ2n) is 5.10. The van der Waals surface area contributed by atoms with Gasteiger partial charge >= 0.3 is 0 Å². The largest absolute Gasteiger partial charge is 0.394 e. The first-order valence-corrected chi connectivity index (χ1v) is 6.88. The first-order valence-electron chi connectivity index (χ1n) is 6.88. The van der Waals surface area contributed by atoms with Crippen molar-refractivity contribution >= 4 is 0 Å². The van der Waals surface area contributed by atoms with Crippen molar-refractivity contribution in [1.82, 2.24) is 5.32 Å². The Morgan fingerprint density at radius 3 is 2.58 bits per heavy atom. The molecule has 2 N–H and O–H groups in total. The summed E-state index contributed by atoms with van der Waals surface area (Å²) in [7, 11) is 0. The molecule has 0 fully saturated rings. The Morgan fingerprint density at radius 2 is 1.79 bits per heavy atom. The molecule has 0 heterocycles. The van der Waals surface area contributed by atoms with E-state index in [1.165, 1.54) is 11.1 Å². The van der Waals surface area contributed by atoms with Crippen molar-refractivity contribution < 1.29 is 5.11 Å². The maximum absolute atomic E-state index is 9.63. The maximum Gasteiger partial charge on any atom is 0.0626 e. The van der Waals surface area contributed by atoms with Crippen molar-refractivity contribution in [3.05, 3.63) is 71.3 Å². The smallest absolute Gasteiger partial charge is 0.0626 e. The van der Waals surface area contributed by atoms with Crippen molar-refractivity contribution in [2.75, 3.05) is 6.61 Å². The van der Waals surface area contributed by atoms with Gasteiger partial charge in [-0.3, -0.25) is 0 Å². The predicted molar refractivity (Wildman–Crippen MR) is 76.9 cm³/mol. The number of fused-ring (bicyclic) bond motifs is 1. The molecule has 0 amide bonds. The van der Waals surface area contributed by atoms with E-state index >= 15 is 0 Å². The normalized spacial score (nSPS) is 19.1. The molecule has 2 heteroatoms. The fourth-order valence-corrected chi connectivity index (χ4v) is 2.91. The Morgan fingerprint density at radius 1 is 1.05 bits per heavy atom. The summed E-state index contributed by atoms with van der Waals surface area (Å²) in [6, 6.07) is 19.1. The molecule has 98 valence electrons. The molecule has 0 spiro atoms. The minimum Gasteiger partial charge on any atom is -0.394 e. The van der Waals surface area contributed by atoms with E-state index < -0.39 is 0 Å². The minimum atomic E-state index is 0.0114. The summed E-state index contributed by atoms with van der Waals surface area (Å²) in [5, 5.41) is 13.2. The van der Waals surface area contributed by atoms with Gasteiger partial charge in [0.25, 0.3) is 0 Å². The van der Waals surface area contributed by atoms with E-state index in [0.29, 0.717) is 6.04 Å². The average Bonchev–Trinajstić information content (AvgIpc) is 2.89. The fraction of sp³-hybridized carbons (Fsp3) is 0.294. The third-order valence-electron chi connectivity index (χ3n) is 3.92. The van der Waals surface area contributed by atoms with E-state index in [2.05, 4.69) is 41.7 Å². The average molecular weight is 253 g/mol. The lowest BCUT2D eigenvalue weighted by Crippen LogP contribution is -2.27. The molecule has 2 aromatic rings. The van der Waals surface area contributed by atoms with E-state index in [1.807, 2.05) is 18.2 Å². The van der Waals surface area contributed by atoms with Gasteiger partial charge in [0.1, 0.15) is 0 Å². The van der Waals surface area contributed by atoms with Gasteiger partial charge in [-0.1, -0.05) is 54.6 Å². The van der Waals surface area contributed by atoms with Crippen molar-refractivity contribution in [2.45, 2.75) is 24.9 Å². The highest BCUT2D eigenvalue weighted by molar-refractivity contribution is 5.34. The third-order valence-corrected chi connectivity index (χ3v) is 3.92. The van der Waals surface area contributed by atoms with Crippen LogP contribution in [-0.2, 0) is 6.42 Å². The second kappa shape index (κ2) is 5.55. The van der Waals surface area contributed by atoms with Crippen LogP contribution in [0.5, 0.6) is 0 Å². The van der Waals surface area contributed by atoms with Crippen LogP contribution in [-0.4, -0.2) is 11.7 Å². The number of nitrogens with one attached hydrogen (secondary N) is 1. The topological polar surface area (TPSA) is 32.3 Å². The van der Waals surface area contributed by atoms with Crippen LogP contribution in [0.3, 0.4) is 0 Å². The Kier molecular flexibility index (Phi) is 3.62. The lowest BCUT2D eigenvalue weighted by Gasteiger charge is -2.22. The molecule has 2 aromatic carbocycles. The van der Waals surface area contributed by atoms with Gasteiger partial charge in [0.2, 0.25) is 0 Å². The van der Waals surface area contributed by atoms with Gasteiger partial charge in [-0.25, -0.2) is 0 Å². The standard InChI is InChI=1S/C17H19NO/c19-12-17(14-7-2-1-3-8-14)18-16-11-10-13-6-4-5-9-15(13)16/h1-9,16-19H,10-12H2/t16?,17-/m0/s1. The number of hydrogen-bond donors (Lipinski definition) is 2. The summed E-state index contributed by atoms with van der Waals surface area (Å²) >= 11 is 0. The Balaban J connectivity index is 1.78. The molecule has 2 atom stereocenters. The van der Waals surface area contributed by atoms with Crippen LogP contribution in [0.2, 0.25) is 0 Å². The molecule has 19 heavy (non-hydrogen) atoms. The quantitative estimate of drug-likeness (QED) is 0.878. The summed E-state index contributed by atoms with van der Waals surface area (Å²) in [5.74, 6) is 0. The van der Waals surface area contributed by atoms with E-state index in [1.54, 1.807) is 0 Å². The summed E-state index contributed by atoms with van der Waals surface area (Å²) in [6.07, 6.45) is 2.24. The lowest BCUT2D eigenvalue weighted by atomic mass is 10.0. The van der Waals surface area contributed by atoms with Gasteiger partial charge in [0, 0.05) is 6.04 Å². The Hall–Kier alpha value is -1.64. The molecule has 0 radical (unpaired) electrons. The molecule has 0 saturated carbocycles. The molecule has 1 aliphatic rings. The van der Waals surface area contributed by atoms with Crippen LogP contribution < -0.4 is 5.32 Å². The summed E-state index contributed by atoms with van der Waals surface area (Å²) in [5.41, 5.74) is 3.97. The van der Waals surface area contributed by atoms with Crippen molar-refractivity contribution in [3.63, 3.8) is 0 Å². The SMILES string of the molecule is OC[C@H](NC1CCc2ccccc21)c1ccccc1. The van der Waals surface area contributed by atoms with E-state index in [4.69, 9.17) is 0 Å². The number of aliphatic hydroxyl groups is 1. The number of hydrogen-bond acceptors (Lipinski definition) is 2. The highest BCUT2D eigenvalue weighted by Crippen LogP contribution is 2.32. The maximum atomic E-state index is 9.63. The Labute approximate surface area is 114 Å². The summed E-state index contributed by atoms with van der Waals surface area (Å²) in [6.45, 7) is 0.128.